The molecule has 0 aliphatic carbocycles. The summed E-state index contributed by atoms with van der Waals surface area (Å²) in [6.07, 6.45) is 8.09. The summed E-state index contributed by atoms with van der Waals surface area (Å²) in [5.41, 5.74) is 3.33. The minimum atomic E-state index is -1.01. The fourth-order valence-corrected chi connectivity index (χ4v) is 5.79. The van der Waals surface area contributed by atoms with Crippen LogP contribution in [0.5, 0.6) is 11.5 Å². The number of nitrogens with zero attached hydrogens (tertiary/aromatic N) is 3. The summed E-state index contributed by atoms with van der Waals surface area (Å²) in [6, 6.07) is 21.1. The fourth-order valence-electron chi connectivity index (χ4n) is 5.79. The Balaban J connectivity index is 1.18. The van der Waals surface area contributed by atoms with Crippen molar-refractivity contribution < 1.29 is 14.6 Å². The number of piperidine rings is 1. The molecule has 4 aromatic rings. The van der Waals surface area contributed by atoms with E-state index in [1.54, 1.807) is 12.3 Å². The van der Waals surface area contributed by atoms with E-state index >= 15 is 0 Å². The molecule has 184 valence electrons. The Labute approximate surface area is 210 Å². The summed E-state index contributed by atoms with van der Waals surface area (Å²) < 4.78 is 6.05. The number of carboxylic acids is 1. The number of carboxylic acid groups (broad SMARTS) is 1. The predicted molar refractivity (Wildman–Crippen MR) is 140 cm³/mol. The third-order valence-electron chi connectivity index (χ3n) is 7.58. The molecule has 2 fully saturated rings. The number of ether oxygens (including phenoxy) is 1. The molecule has 6 rings (SSSR count). The summed E-state index contributed by atoms with van der Waals surface area (Å²) in [6.45, 7) is 3.03. The summed E-state index contributed by atoms with van der Waals surface area (Å²) in [5.74, 6) is -0.157. The SMILES string of the molecule is O=C(O)c1ccc(N2CCC(N3CCCC3c3ccccc3)CC2)cc1Oc1cnc2[nH]ccc2c1. The van der Waals surface area contributed by atoms with E-state index < -0.39 is 5.97 Å². The molecule has 0 radical (unpaired) electrons. The van der Waals surface area contributed by atoms with E-state index in [1.807, 2.05) is 30.5 Å². The van der Waals surface area contributed by atoms with Crippen LogP contribution in [-0.2, 0) is 0 Å². The van der Waals surface area contributed by atoms with Crippen molar-refractivity contribution in [3.8, 4) is 11.5 Å². The molecule has 1 atom stereocenters. The number of anilines is 1. The molecule has 2 aromatic heterocycles. The van der Waals surface area contributed by atoms with E-state index in [1.165, 1.54) is 18.4 Å². The average Bonchev–Trinajstić information content (AvgIpc) is 3.59. The van der Waals surface area contributed by atoms with Crippen LogP contribution >= 0.6 is 0 Å². The number of rotatable bonds is 6. The topological polar surface area (TPSA) is 81.7 Å². The third kappa shape index (κ3) is 4.42. The van der Waals surface area contributed by atoms with Gasteiger partial charge in [0.25, 0.3) is 0 Å². The molecule has 0 saturated carbocycles. The molecule has 7 heteroatoms. The van der Waals surface area contributed by atoms with Gasteiger partial charge in [0.2, 0.25) is 0 Å². The number of likely N-dealkylation sites (tertiary alicyclic amines) is 1. The number of hydrogen-bond acceptors (Lipinski definition) is 5. The lowest BCUT2D eigenvalue weighted by Gasteiger charge is -2.40. The van der Waals surface area contributed by atoms with Gasteiger partial charge in [-0.05, 0) is 62.1 Å². The molecule has 36 heavy (non-hydrogen) atoms. The van der Waals surface area contributed by atoms with Crippen LogP contribution in [0.15, 0.2) is 73.1 Å². The molecule has 7 nitrogen and oxygen atoms in total. The van der Waals surface area contributed by atoms with Gasteiger partial charge in [0.05, 0.1) is 6.20 Å². The quantitative estimate of drug-likeness (QED) is 0.358. The normalized spacial score (nSPS) is 19.1. The number of nitrogens with one attached hydrogen (secondary N) is 1. The highest BCUT2D eigenvalue weighted by molar-refractivity contribution is 5.92. The largest absolute Gasteiger partial charge is 0.478 e. The molecule has 0 spiro atoms. The zero-order valence-corrected chi connectivity index (χ0v) is 20.1. The molecular weight excluding hydrogens is 452 g/mol. The highest BCUT2D eigenvalue weighted by Crippen LogP contribution is 2.37. The minimum Gasteiger partial charge on any atom is -0.478 e. The Kier molecular flexibility index (Phi) is 6.07. The van der Waals surface area contributed by atoms with Gasteiger partial charge < -0.3 is 19.7 Å². The molecule has 0 amide bonds. The Morgan fingerprint density at radius 2 is 1.83 bits per heavy atom. The summed E-state index contributed by atoms with van der Waals surface area (Å²) in [7, 11) is 0. The molecule has 2 aliphatic heterocycles. The van der Waals surface area contributed by atoms with Crippen molar-refractivity contribution in [2.75, 3.05) is 24.5 Å². The Hall–Kier alpha value is -3.84. The number of aromatic nitrogens is 2. The van der Waals surface area contributed by atoms with Crippen LogP contribution in [0.25, 0.3) is 11.0 Å². The number of aromatic amines is 1. The molecule has 2 N–H and O–H groups in total. The van der Waals surface area contributed by atoms with Crippen LogP contribution < -0.4 is 9.64 Å². The van der Waals surface area contributed by atoms with Gasteiger partial charge >= 0.3 is 5.97 Å². The number of aromatic carboxylic acids is 1. The molecule has 2 aromatic carbocycles. The van der Waals surface area contributed by atoms with Crippen molar-refractivity contribution >= 4 is 22.7 Å². The maximum atomic E-state index is 11.9. The second-order valence-corrected chi connectivity index (χ2v) is 9.70. The monoisotopic (exact) mass is 482 g/mol. The number of hydrogen-bond donors (Lipinski definition) is 2. The van der Waals surface area contributed by atoms with Crippen LogP contribution in [0.1, 0.15) is 47.6 Å². The van der Waals surface area contributed by atoms with E-state index in [4.69, 9.17) is 4.74 Å². The van der Waals surface area contributed by atoms with Crippen LogP contribution in [-0.4, -0.2) is 51.6 Å². The summed E-state index contributed by atoms with van der Waals surface area (Å²) >= 11 is 0. The smallest absolute Gasteiger partial charge is 0.339 e. The van der Waals surface area contributed by atoms with Crippen LogP contribution in [0.2, 0.25) is 0 Å². The first-order valence-corrected chi connectivity index (χ1v) is 12.7. The van der Waals surface area contributed by atoms with E-state index in [9.17, 15) is 9.90 Å². The van der Waals surface area contributed by atoms with Gasteiger partial charge in [-0.15, -0.1) is 0 Å². The zero-order chi connectivity index (χ0) is 24.5. The van der Waals surface area contributed by atoms with E-state index in [0.717, 1.165) is 49.2 Å². The second kappa shape index (κ2) is 9.66. The number of fused-ring (bicyclic) bond motifs is 1. The highest BCUT2D eigenvalue weighted by atomic mass is 16.5. The van der Waals surface area contributed by atoms with Crippen molar-refractivity contribution in [3.05, 3.63) is 84.2 Å². The van der Waals surface area contributed by atoms with Gasteiger partial charge in [0.1, 0.15) is 22.7 Å². The van der Waals surface area contributed by atoms with Crippen LogP contribution in [0, 0.1) is 0 Å². The predicted octanol–water partition coefficient (Wildman–Crippen LogP) is 5.86. The number of H-pyrrole nitrogens is 1. The summed E-state index contributed by atoms with van der Waals surface area (Å²) in [4.78, 5) is 24.4. The Bertz CT molecular complexity index is 1360. The van der Waals surface area contributed by atoms with Crippen molar-refractivity contribution in [1.29, 1.82) is 0 Å². The van der Waals surface area contributed by atoms with Crippen molar-refractivity contribution in [3.63, 3.8) is 0 Å². The number of pyridine rings is 1. The summed E-state index contributed by atoms with van der Waals surface area (Å²) in [5, 5.41) is 10.7. The Morgan fingerprint density at radius 3 is 2.64 bits per heavy atom. The number of benzene rings is 2. The van der Waals surface area contributed by atoms with Crippen LogP contribution in [0.3, 0.4) is 0 Å². The van der Waals surface area contributed by atoms with Crippen LogP contribution in [0.4, 0.5) is 5.69 Å². The minimum absolute atomic E-state index is 0.144. The van der Waals surface area contributed by atoms with Gasteiger partial charge in [-0.2, -0.15) is 0 Å². The van der Waals surface area contributed by atoms with Crippen molar-refractivity contribution in [1.82, 2.24) is 14.9 Å². The van der Waals surface area contributed by atoms with Crippen molar-refractivity contribution in [2.45, 2.75) is 37.8 Å². The van der Waals surface area contributed by atoms with E-state index in [2.05, 4.69) is 50.1 Å². The Morgan fingerprint density at radius 1 is 1.00 bits per heavy atom. The van der Waals surface area contributed by atoms with Gasteiger partial charge in [0, 0.05) is 48.5 Å². The standard InChI is InChI=1S/C29H30N4O3/c34-29(35)25-9-8-23(18-27(25)36-24-17-21-10-13-30-28(21)31-19-24)32-15-11-22(12-16-32)33-14-4-7-26(33)20-5-2-1-3-6-20/h1-3,5-6,8-10,13,17-19,22,26H,4,7,11-12,14-16H2,(H,30,31)(H,34,35). The van der Waals surface area contributed by atoms with Gasteiger partial charge in [0.15, 0.2) is 0 Å². The third-order valence-corrected chi connectivity index (χ3v) is 7.58. The highest BCUT2D eigenvalue weighted by Gasteiger charge is 2.33. The second-order valence-electron chi connectivity index (χ2n) is 9.70. The fraction of sp³-hybridized carbons (Fsp3) is 0.310. The zero-order valence-electron chi connectivity index (χ0n) is 20.1. The van der Waals surface area contributed by atoms with Gasteiger partial charge in [-0.25, -0.2) is 9.78 Å². The molecular formula is C29H30N4O3. The maximum Gasteiger partial charge on any atom is 0.339 e. The first-order chi connectivity index (χ1) is 17.7. The maximum absolute atomic E-state index is 11.9. The van der Waals surface area contributed by atoms with E-state index in [0.29, 0.717) is 23.6 Å². The first kappa shape index (κ1) is 22.6. The van der Waals surface area contributed by atoms with E-state index in [-0.39, 0.29) is 5.56 Å². The molecule has 4 heterocycles. The van der Waals surface area contributed by atoms with Gasteiger partial charge in [-0.1, -0.05) is 30.3 Å². The molecule has 2 aliphatic rings. The first-order valence-electron chi connectivity index (χ1n) is 12.7. The molecule has 1 unspecified atom stereocenters. The molecule has 0 bridgehead atoms. The lowest BCUT2D eigenvalue weighted by Crippen LogP contribution is -2.44. The molecule has 2 saturated heterocycles. The number of carbonyl (C=O) groups is 1. The van der Waals surface area contributed by atoms with Gasteiger partial charge in [-0.3, -0.25) is 4.90 Å². The lowest BCUT2D eigenvalue weighted by molar-refractivity contribution is 0.0694. The average molecular weight is 483 g/mol. The van der Waals surface area contributed by atoms with Crippen molar-refractivity contribution in [2.24, 2.45) is 0 Å². The lowest BCUT2D eigenvalue weighted by atomic mass is 9.98.